The standard InChI is InChI=1S/C25H25N3O4S/c1-31-23-10-6-5-9-22(23)27-25(30)18-32-20-13-11-19(12-14-20)17-26-28-24(29)15-16-33-21-7-3-2-4-8-21/h2-14,17H,15-16,18H2,1H3,(H,27,30)(H,28,29)/b26-17+. The van der Waals surface area contributed by atoms with E-state index in [9.17, 15) is 9.59 Å². The molecular weight excluding hydrogens is 438 g/mol. The average Bonchev–Trinajstić information content (AvgIpc) is 2.84. The lowest BCUT2D eigenvalue weighted by molar-refractivity contribution is -0.120. The molecule has 0 radical (unpaired) electrons. The number of methoxy groups -OCH3 is 1. The molecule has 2 amide bonds. The number of nitrogens with one attached hydrogen (secondary N) is 2. The van der Waals surface area contributed by atoms with Gasteiger partial charge in [0.2, 0.25) is 5.91 Å². The van der Waals surface area contributed by atoms with Crippen LogP contribution in [0.1, 0.15) is 12.0 Å². The third kappa shape index (κ3) is 8.34. The highest BCUT2D eigenvalue weighted by atomic mass is 32.2. The Hall–Kier alpha value is -3.78. The van der Waals surface area contributed by atoms with Crippen molar-refractivity contribution < 1.29 is 19.1 Å². The second kappa shape index (κ2) is 12.9. The van der Waals surface area contributed by atoms with E-state index in [-0.39, 0.29) is 18.4 Å². The van der Waals surface area contributed by atoms with Gasteiger partial charge in [0, 0.05) is 17.1 Å². The van der Waals surface area contributed by atoms with Gasteiger partial charge in [0.05, 0.1) is 19.0 Å². The van der Waals surface area contributed by atoms with Gasteiger partial charge in [0.15, 0.2) is 6.61 Å². The van der Waals surface area contributed by atoms with Crippen LogP contribution < -0.4 is 20.2 Å². The van der Waals surface area contributed by atoms with Crippen molar-refractivity contribution in [2.45, 2.75) is 11.3 Å². The number of carbonyl (C=O) groups excluding carboxylic acids is 2. The van der Waals surface area contributed by atoms with Crippen LogP contribution in [0.15, 0.2) is 88.9 Å². The fourth-order valence-corrected chi connectivity index (χ4v) is 3.62. The summed E-state index contributed by atoms with van der Waals surface area (Å²) in [7, 11) is 1.54. The molecule has 0 heterocycles. The molecule has 0 aliphatic heterocycles. The van der Waals surface area contributed by atoms with Gasteiger partial charge >= 0.3 is 0 Å². The third-order valence-corrected chi connectivity index (χ3v) is 5.39. The van der Waals surface area contributed by atoms with Crippen LogP contribution in [-0.4, -0.2) is 37.5 Å². The molecule has 170 valence electrons. The number of para-hydroxylation sites is 2. The van der Waals surface area contributed by atoms with Gasteiger partial charge in [0.25, 0.3) is 5.91 Å². The normalized spacial score (nSPS) is 10.6. The van der Waals surface area contributed by atoms with Gasteiger partial charge in [-0.2, -0.15) is 5.10 Å². The van der Waals surface area contributed by atoms with Crippen molar-refractivity contribution in [3.63, 3.8) is 0 Å². The zero-order valence-electron chi connectivity index (χ0n) is 18.2. The summed E-state index contributed by atoms with van der Waals surface area (Å²) >= 11 is 1.63. The molecule has 0 unspecified atom stereocenters. The van der Waals surface area contributed by atoms with Gasteiger partial charge in [-0.05, 0) is 54.1 Å². The summed E-state index contributed by atoms with van der Waals surface area (Å²) in [5.74, 6) is 1.37. The minimum atomic E-state index is -0.293. The number of rotatable bonds is 11. The third-order valence-electron chi connectivity index (χ3n) is 4.38. The molecule has 8 heteroatoms. The smallest absolute Gasteiger partial charge is 0.262 e. The van der Waals surface area contributed by atoms with Crippen molar-refractivity contribution in [3.8, 4) is 11.5 Å². The Morgan fingerprint density at radius 3 is 2.42 bits per heavy atom. The average molecular weight is 464 g/mol. The predicted molar refractivity (Wildman–Crippen MR) is 131 cm³/mol. The highest BCUT2D eigenvalue weighted by Gasteiger charge is 2.07. The van der Waals surface area contributed by atoms with Gasteiger partial charge in [-0.1, -0.05) is 30.3 Å². The van der Waals surface area contributed by atoms with Crippen LogP contribution in [0, 0.1) is 0 Å². The molecule has 0 saturated carbocycles. The van der Waals surface area contributed by atoms with E-state index in [4.69, 9.17) is 9.47 Å². The van der Waals surface area contributed by atoms with Crippen molar-refractivity contribution in [1.82, 2.24) is 5.43 Å². The van der Waals surface area contributed by atoms with Crippen LogP contribution in [0.3, 0.4) is 0 Å². The first-order valence-electron chi connectivity index (χ1n) is 10.3. The molecule has 7 nitrogen and oxygen atoms in total. The molecule has 3 aromatic rings. The highest BCUT2D eigenvalue weighted by Crippen LogP contribution is 2.23. The zero-order chi connectivity index (χ0) is 23.3. The number of anilines is 1. The Labute approximate surface area is 197 Å². The number of hydrazone groups is 1. The number of hydrogen-bond donors (Lipinski definition) is 2. The molecule has 3 aromatic carbocycles. The van der Waals surface area contributed by atoms with E-state index in [2.05, 4.69) is 15.8 Å². The summed E-state index contributed by atoms with van der Waals surface area (Å²) in [5, 5.41) is 6.74. The maximum absolute atomic E-state index is 12.1. The molecule has 33 heavy (non-hydrogen) atoms. The quantitative estimate of drug-likeness (QED) is 0.251. The number of amides is 2. The number of benzene rings is 3. The summed E-state index contributed by atoms with van der Waals surface area (Å²) in [6.45, 7) is -0.136. The Balaban J connectivity index is 1.37. The Kier molecular flexibility index (Phi) is 9.35. The molecule has 0 spiro atoms. The van der Waals surface area contributed by atoms with Crippen molar-refractivity contribution in [2.75, 3.05) is 24.8 Å². The minimum Gasteiger partial charge on any atom is -0.495 e. The minimum absolute atomic E-state index is 0.136. The summed E-state index contributed by atoms with van der Waals surface area (Å²) in [5.41, 5.74) is 3.90. The maximum Gasteiger partial charge on any atom is 0.262 e. The van der Waals surface area contributed by atoms with Gasteiger partial charge in [-0.25, -0.2) is 5.43 Å². The van der Waals surface area contributed by atoms with Crippen LogP contribution in [0.4, 0.5) is 5.69 Å². The Morgan fingerprint density at radius 1 is 0.939 bits per heavy atom. The van der Waals surface area contributed by atoms with E-state index in [0.29, 0.717) is 29.4 Å². The van der Waals surface area contributed by atoms with E-state index >= 15 is 0 Å². The first kappa shape index (κ1) is 23.9. The van der Waals surface area contributed by atoms with E-state index in [1.807, 2.05) is 42.5 Å². The number of thioether (sulfide) groups is 1. The summed E-state index contributed by atoms with van der Waals surface area (Å²) < 4.78 is 10.7. The number of nitrogens with zero attached hydrogens (tertiary/aromatic N) is 1. The van der Waals surface area contributed by atoms with E-state index in [1.54, 1.807) is 61.5 Å². The molecule has 2 N–H and O–H groups in total. The molecule has 0 saturated heterocycles. The first-order valence-corrected chi connectivity index (χ1v) is 11.3. The van der Waals surface area contributed by atoms with Gasteiger partial charge in [-0.15, -0.1) is 11.8 Å². The largest absolute Gasteiger partial charge is 0.495 e. The molecule has 0 fully saturated rings. The molecule has 0 atom stereocenters. The van der Waals surface area contributed by atoms with Crippen molar-refractivity contribution in [2.24, 2.45) is 5.10 Å². The number of carbonyl (C=O) groups is 2. The van der Waals surface area contributed by atoms with Crippen molar-refractivity contribution >= 4 is 35.5 Å². The topological polar surface area (TPSA) is 89.0 Å². The number of hydrogen-bond acceptors (Lipinski definition) is 6. The van der Waals surface area contributed by atoms with Gasteiger partial charge in [-0.3, -0.25) is 9.59 Å². The maximum atomic E-state index is 12.1. The fourth-order valence-electron chi connectivity index (χ4n) is 2.75. The fraction of sp³-hybridized carbons (Fsp3) is 0.160. The SMILES string of the molecule is COc1ccccc1NC(=O)COc1ccc(/C=N/NC(=O)CCSc2ccccc2)cc1. The predicted octanol–water partition coefficient (Wildman–Crippen LogP) is 4.35. The van der Waals surface area contributed by atoms with Crippen LogP contribution in [0.25, 0.3) is 0 Å². The summed E-state index contributed by atoms with van der Waals surface area (Å²) in [6, 6.07) is 24.1. The van der Waals surface area contributed by atoms with Gasteiger partial charge < -0.3 is 14.8 Å². The molecular formula is C25H25N3O4S. The van der Waals surface area contributed by atoms with Crippen molar-refractivity contribution in [3.05, 3.63) is 84.4 Å². The van der Waals surface area contributed by atoms with E-state index < -0.39 is 0 Å². The van der Waals surface area contributed by atoms with E-state index in [0.717, 1.165) is 10.5 Å². The number of ether oxygens (including phenoxy) is 2. The first-order chi connectivity index (χ1) is 16.1. The molecule has 0 aliphatic carbocycles. The van der Waals surface area contributed by atoms with Crippen molar-refractivity contribution in [1.29, 1.82) is 0 Å². The van der Waals surface area contributed by atoms with Crippen LogP contribution in [0.5, 0.6) is 11.5 Å². The Morgan fingerprint density at radius 2 is 1.67 bits per heavy atom. The molecule has 0 bridgehead atoms. The lowest BCUT2D eigenvalue weighted by Gasteiger charge is -2.10. The second-order valence-corrected chi connectivity index (χ2v) is 7.98. The molecule has 3 rings (SSSR count). The zero-order valence-corrected chi connectivity index (χ0v) is 19.0. The summed E-state index contributed by atoms with van der Waals surface area (Å²) in [4.78, 5) is 25.2. The van der Waals surface area contributed by atoms with Gasteiger partial charge in [0.1, 0.15) is 11.5 Å². The van der Waals surface area contributed by atoms with Crippen LogP contribution in [0.2, 0.25) is 0 Å². The molecule has 0 aliphatic rings. The van der Waals surface area contributed by atoms with Crippen LogP contribution >= 0.6 is 11.8 Å². The Bertz CT molecular complexity index is 1070. The molecule has 0 aromatic heterocycles. The lowest BCUT2D eigenvalue weighted by Crippen LogP contribution is -2.20. The summed E-state index contributed by atoms with van der Waals surface area (Å²) in [6.07, 6.45) is 1.93. The van der Waals surface area contributed by atoms with E-state index in [1.165, 1.54) is 0 Å². The highest BCUT2D eigenvalue weighted by molar-refractivity contribution is 7.99. The lowest BCUT2D eigenvalue weighted by atomic mass is 10.2. The second-order valence-electron chi connectivity index (χ2n) is 6.81. The monoisotopic (exact) mass is 463 g/mol. The van der Waals surface area contributed by atoms with Crippen LogP contribution in [-0.2, 0) is 9.59 Å².